The molecule has 0 amide bonds. The summed E-state index contributed by atoms with van der Waals surface area (Å²) in [7, 11) is 0. The zero-order chi connectivity index (χ0) is 36.8. The van der Waals surface area contributed by atoms with Crippen molar-refractivity contribution in [1.82, 2.24) is 0 Å². The Morgan fingerprint density at radius 2 is 1.72 bits per heavy atom. The molecule has 1 saturated heterocycles. The minimum absolute atomic E-state index is 0.0430. The lowest BCUT2D eigenvalue weighted by atomic mass is 9.44. The van der Waals surface area contributed by atoms with Gasteiger partial charge >= 0.3 is 11.9 Å². The van der Waals surface area contributed by atoms with Gasteiger partial charge in [-0.2, -0.15) is 0 Å². The first-order valence-electron chi connectivity index (χ1n) is 16.9. The molecule has 14 heteroatoms. The van der Waals surface area contributed by atoms with Crippen molar-refractivity contribution in [2.24, 2.45) is 22.7 Å². The Labute approximate surface area is 296 Å². The van der Waals surface area contributed by atoms with Crippen molar-refractivity contribution in [2.45, 2.75) is 102 Å². The molecule has 3 fully saturated rings. The average Bonchev–Trinajstić information content (AvgIpc) is 3.06. The van der Waals surface area contributed by atoms with Crippen LogP contribution >= 0.6 is 11.8 Å². The van der Waals surface area contributed by atoms with Crippen LogP contribution in [0, 0.1) is 22.7 Å². The molecule has 2 saturated carbocycles. The maximum absolute atomic E-state index is 14.6. The van der Waals surface area contributed by atoms with Crippen LogP contribution < -0.4 is 0 Å². The Kier molecular flexibility index (Phi) is 11.3. The second kappa shape index (κ2) is 14.6. The number of rotatable bonds is 12. The highest BCUT2D eigenvalue weighted by Gasteiger charge is 2.76. The molecule has 8 unspecified atom stereocenters. The number of carbonyl (C=O) groups excluding carboxylic acids is 3. The number of aliphatic hydroxyl groups excluding tert-OH is 2. The lowest BCUT2D eigenvalue weighted by molar-refractivity contribution is -0.343. The molecule has 50 heavy (non-hydrogen) atoms. The molecular formula is C36H50O13S. The fraction of sp³-hybridized carbons (Fsp3) is 0.694. The van der Waals surface area contributed by atoms with Crippen LogP contribution in [0.2, 0.25) is 0 Å². The molecule has 1 aliphatic heterocycles. The van der Waals surface area contributed by atoms with E-state index in [0.717, 1.165) is 0 Å². The largest absolute Gasteiger partial charge is 0.456 e. The summed E-state index contributed by atoms with van der Waals surface area (Å²) < 4.78 is 34.2. The highest BCUT2D eigenvalue weighted by molar-refractivity contribution is 7.98. The molecule has 1 heterocycles. The first kappa shape index (κ1) is 38.8. The van der Waals surface area contributed by atoms with Crippen LogP contribution in [0.5, 0.6) is 0 Å². The predicted octanol–water partition coefficient (Wildman–Crippen LogP) is 2.37. The molecular weight excluding hydrogens is 672 g/mol. The number of Topliss-reactive ketones (excluding diaryl/α,β-unsaturated/α-hetero) is 1. The van der Waals surface area contributed by atoms with E-state index < -0.39 is 82.3 Å². The fourth-order valence-electron chi connectivity index (χ4n) is 8.45. The summed E-state index contributed by atoms with van der Waals surface area (Å²) in [5.41, 5.74) is -6.85. The zero-order valence-corrected chi connectivity index (χ0v) is 30.4. The number of hydrogen-bond acceptors (Lipinski definition) is 14. The minimum Gasteiger partial charge on any atom is -0.456 e. The molecule has 0 aromatic heterocycles. The summed E-state index contributed by atoms with van der Waals surface area (Å²) in [6.45, 7) is 9.21. The van der Waals surface area contributed by atoms with Crippen LogP contribution in [0.15, 0.2) is 41.5 Å². The summed E-state index contributed by atoms with van der Waals surface area (Å²) in [5.74, 6) is -3.82. The lowest BCUT2D eigenvalue weighted by Crippen LogP contribution is -2.81. The van der Waals surface area contributed by atoms with Crippen molar-refractivity contribution in [3.05, 3.63) is 47.0 Å². The number of benzene rings is 1. The van der Waals surface area contributed by atoms with Crippen LogP contribution in [-0.4, -0.2) is 118 Å². The van der Waals surface area contributed by atoms with Crippen molar-refractivity contribution in [2.75, 3.05) is 32.4 Å². The number of esters is 2. The second-order valence-electron chi connectivity index (χ2n) is 14.9. The van der Waals surface area contributed by atoms with E-state index >= 15 is 0 Å². The molecule has 0 radical (unpaired) electrons. The van der Waals surface area contributed by atoms with Crippen molar-refractivity contribution < 1.29 is 63.2 Å². The highest BCUT2D eigenvalue weighted by Crippen LogP contribution is 2.63. The van der Waals surface area contributed by atoms with Gasteiger partial charge in [-0.3, -0.25) is 4.79 Å². The Bertz CT molecular complexity index is 1460. The van der Waals surface area contributed by atoms with E-state index in [0.29, 0.717) is 11.5 Å². The first-order chi connectivity index (χ1) is 23.5. The van der Waals surface area contributed by atoms with Crippen molar-refractivity contribution in [1.29, 1.82) is 0 Å². The second-order valence-corrected chi connectivity index (χ2v) is 15.7. The summed E-state index contributed by atoms with van der Waals surface area (Å²) >= 11 is 1.48. The van der Waals surface area contributed by atoms with E-state index in [1.807, 2.05) is 6.26 Å². The number of fused-ring (bicyclic) bond motifs is 5. The minimum atomic E-state index is -2.18. The maximum atomic E-state index is 14.6. The van der Waals surface area contributed by atoms with Gasteiger partial charge in [0.1, 0.15) is 29.5 Å². The maximum Gasteiger partial charge on any atom is 0.338 e. The van der Waals surface area contributed by atoms with Gasteiger partial charge in [-0.05, 0) is 49.3 Å². The van der Waals surface area contributed by atoms with Gasteiger partial charge in [-0.1, -0.05) is 45.9 Å². The Hall–Kier alpha value is -2.40. The SMILES string of the molecule is CSCOCOCOC(C(=O)OC1CC2(O)C(OC(=O)c3ccccc3)C3[C@]4(O)COC4CC(O)[C@@]3(C)C(=O)C(O)C(=C1C)C2(C)C)C(C)C. The number of aliphatic hydroxyl groups is 4. The third-order valence-corrected chi connectivity index (χ3v) is 11.8. The number of thioether (sulfide) groups is 1. The zero-order valence-electron chi connectivity index (χ0n) is 29.6. The molecule has 278 valence electrons. The Balaban J connectivity index is 1.59. The van der Waals surface area contributed by atoms with E-state index in [-0.39, 0.29) is 50.1 Å². The molecule has 10 atom stereocenters. The van der Waals surface area contributed by atoms with Gasteiger partial charge in [0, 0.05) is 24.2 Å². The highest BCUT2D eigenvalue weighted by atomic mass is 32.2. The molecule has 0 spiro atoms. The summed E-state index contributed by atoms with van der Waals surface area (Å²) in [4.78, 5) is 42.1. The van der Waals surface area contributed by atoms with E-state index in [1.165, 1.54) is 30.8 Å². The number of ketones is 1. The smallest absolute Gasteiger partial charge is 0.338 e. The standard InChI is InChI=1S/C36H50O13S/c1-19(2)27(47-17-44-16-45-18-50-7)32(41)48-22-14-36(43)30(49-31(40)21-11-9-8-10-12-21)28-34(6,23(37)13-24-35(28,42)15-46-24)29(39)26(38)25(20(22)3)33(36,4)5/h8-12,19,22-24,26-28,30,37-38,42-43H,13-18H2,1-7H3/t22?,23?,24?,26?,27?,28?,30?,34-,35+,36?/m1/s1. The molecule has 1 aromatic rings. The van der Waals surface area contributed by atoms with Gasteiger partial charge in [0.25, 0.3) is 0 Å². The third kappa shape index (κ3) is 6.34. The molecule has 4 N–H and O–H groups in total. The summed E-state index contributed by atoms with van der Waals surface area (Å²) in [6.07, 6.45) is -6.80. The van der Waals surface area contributed by atoms with Crippen molar-refractivity contribution >= 4 is 29.5 Å². The van der Waals surface area contributed by atoms with Crippen LogP contribution in [0.25, 0.3) is 0 Å². The van der Waals surface area contributed by atoms with E-state index in [1.54, 1.807) is 52.8 Å². The Morgan fingerprint density at radius 1 is 1.04 bits per heavy atom. The average molecular weight is 723 g/mol. The summed E-state index contributed by atoms with van der Waals surface area (Å²) in [5, 5.41) is 48.9. The van der Waals surface area contributed by atoms with Crippen LogP contribution in [0.1, 0.15) is 64.7 Å². The lowest BCUT2D eigenvalue weighted by Gasteiger charge is -2.66. The molecule has 2 bridgehead atoms. The van der Waals surface area contributed by atoms with Gasteiger partial charge in [0.15, 0.2) is 25.5 Å². The van der Waals surface area contributed by atoms with E-state index in [2.05, 4.69) is 0 Å². The van der Waals surface area contributed by atoms with Gasteiger partial charge in [0.05, 0.1) is 35.7 Å². The van der Waals surface area contributed by atoms with E-state index in [4.69, 9.17) is 28.4 Å². The first-order valence-corrected chi connectivity index (χ1v) is 18.3. The third-order valence-electron chi connectivity index (χ3n) is 11.4. The van der Waals surface area contributed by atoms with Crippen molar-refractivity contribution in [3.8, 4) is 0 Å². The van der Waals surface area contributed by atoms with Gasteiger partial charge in [0.2, 0.25) is 0 Å². The molecule has 3 aliphatic carbocycles. The predicted molar refractivity (Wildman–Crippen MR) is 179 cm³/mol. The topological polar surface area (TPSA) is 188 Å². The van der Waals surface area contributed by atoms with E-state index in [9.17, 15) is 34.8 Å². The summed E-state index contributed by atoms with van der Waals surface area (Å²) in [6, 6.07) is 8.05. The fourth-order valence-corrected chi connectivity index (χ4v) is 8.68. The van der Waals surface area contributed by atoms with Crippen LogP contribution in [0.4, 0.5) is 0 Å². The number of hydrogen-bond donors (Lipinski definition) is 4. The van der Waals surface area contributed by atoms with Gasteiger partial charge in [-0.25, -0.2) is 9.59 Å². The quantitative estimate of drug-likeness (QED) is 0.107. The van der Waals surface area contributed by atoms with Gasteiger partial charge < -0.3 is 48.8 Å². The molecule has 5 rings (SSSR count). The van der Waals surface area contributed by atoms with Crippen molar-refractivity contribution in [3.63, 3.8) is 0 Å². The monoisotopic (exact) mass is 722 g/mol. The number of ether oxygens (including phenoxy) is 6. The number of carbonyl (C=O) groups is 3. The van der Waals surface area contributed by atoms with Crippen LogP contribution in [-0.2, 0) is 38.0 Å². The molecule has 1 aromatic carbocycles. The Morgan fingerprint density at radius 3 is 2.32 bits per heavy atom. The molecule has 4 aliphatic rings. The normalized spacial score (nSPS) is 36.8. The van der Waals surface area contributed by atoms with Crippen LogP contribution in [0.3, 0.4) is 0 Å². The molecule has 13 nitrogen and oxygen atoms in total. The van der Waals surface area contributed by atoms with Gasteiger partial charge in [-0.15, -0.1) is 11.8 Å².